The minimum absolute atomic E-state index is 0.0675. The Hall–Kier alpha value is -2.12. The monoisotopic (exact) mass is 320 g/mol. The molecule has 126 valence electrons. The van der Waals surface area contributed by atoms with Crippen molar-refractivity contribution >= 4 is 11.9 Å². The van der Waals surface area contributed by atoms with Crippen molar-refractivity contribution in [3.05, 3.63) is 35.9 Å². The molecule has 4 N–H and O–H groups in total. The summed E-state index contributed by atoms with van der Waals surface area (Å²) in [4.78, 5) is 24.9. The van der Waals surface area contributed by atoms with E-state index in [9.17, 15) is 9.59 Å². The molecule has 0 radical (unpaired) electrons. The molecule has 23 heavy (non-hydrogen) atoms. The summed E-state index contributed by atoms with van der Waals surface area (Å²) in [6.07, 6.45) is -0.0675. The van der Waals surface area contributed by atoms with Gasteiger partial charge in [0.1, 0.15) is 6.04 Å². The van der Waals surface area contributed by atoms with Crippen LogP contribution in [0.1, 0.15) is 12.5 Å². The summed E-state index contributed by atoms with van der Waals surface area (Å²) in [5.74, 6) is -0.567. The second-order valence-corrected chi connectivity index (χ2v) is 5.69. The molecular formula is C16H24N4O3. The molecule has 0 aliphatic carbocycles. The van der Waals surface area contributed by atoms with Crippen molar-refractivity contribution in [2.45, 2.75) is 25.6 Å². The minimum atomic E-state index is -0.697. The lowest BCUT2D eigenvalue weighted by molar-refractivity contribution is -0.119. The Morgan fingerprint density at radius 1 is 1.39 bits per heavy atom. The molecule has 1 aliphatic heterocycles. The Labute approximate surface area is 136 Å². The highest BCUT2D eigenvalue weighted by Crippen LogP contribution is 2.10. The van der Waals surface area contributed by atoms with E-state index < -0.39 is 18.0 Å². The second kappa shape index (κ2) is 8.50. The van der Waals surface area contributed by atoms with Crippen molar-refractivity contribution in [2.75, 3.05) is 26.2 Å². The predicted molar refractivity (Wildman–Crippen MR) is 86.6 cm³/mol. The van der Waals surface area contributed by atoms with Crippen LogP contribution in [0.3, 0.4) is 0 Å². The van der Waals surface area contributed by atoms with Crippen LogP contribution in [-0.4, -0.2) is 55.2 Å². The van der Waals surface area contributed by atoms with Gasteiger partial charge in [0, 0.05) is 26.2 Å². The maximum absolute atomic E-state index is 11.7. The first-order valence-electron chi connectivity index (χ1n) is 7.76. The van der Waals surface area contributed by atoms with Gasteiger partial charge in [-0.05, 0) is 12.5 Å². The molecule has 0 unspecified atom stereocenters. The van der Waals surface area contributed by atoms with Crippen LogP contribution in [0.4, 0.5) is 4.79 Å². The van der Waals surface area contributed by atoms with Gasteiger partial charge in [0.2, 0.25) is 5.91 Å². The molecule has 7 nitrogen and oxygen atoms in total. The number of morpholine rings is 1. The van der Waals surface area contributed by atoms with Gasteiger partial charge in [-0.15, -0.1) is 0 Å². The third kappa shape index (κ3) is 5.88. The predicted octanol–water partition coefficient (Wildman–Crippen LogP) is 0.0604. The molecule has 1 aromatic rings. The highest BCUT2D eigenvalue weighted by atomic mass is 16.5. The van der Waals surface area contributed by atoms with Crippen LogP contribution < -0.4 is 16.4 Å². The van der Waals surface area contributed by atoms with Crippen molar-refractivity contribution in [3.8, 4) is 0 Å². The van der Waals surface area contributed by atoms with Gasteiger partial charge in [-0.2, -0.15) is 0 Å². The van der Waals surface area contributed by atoms with Crippen molar-refractivity contribution in [1.82, 2.24) is 15.5 Å². The van der Waals surface area contributed by atoms with Crippen LogP contribution in [0.25, 0.3) is 0 Å². The number of amides is 3. The highest BCUT2D eigenvalue weighted by molar-refractivity contribution is 5.85. The molecular weight excluding hydrogens is 296 g/mol. The van der Waals surface area contributed by atoms with Crippen LogP contribution in [-0.2, 0) is 16.1 Å². The first-order valence-corrected chi connectivity index (χ1v) is 7.76. The number of carbonyl (C=O) groups is 2. The molecule has 1 saturated heterocycles. The van der Waals surface area contributed by atoms with E-state index in [1.807, 2.05) is 18.2 Å². The van der Waals surface area contributed by atoms with Gasteiger partial charge in [-0.25, -0.2) is 4.79 Å². The first kappa shape index (κ1) is 17.2. The summed E-state index contributed by atoms with van der Waals surface area (Å²) in [6, 6.07) is 9.14. The van der Waals surface area contributed by atoms with Crippen LogP contribution in [0.2, 0.25) is 0 Å². The fourth-order valence-corrected chi connectivity index (χ4v) is 2.41. The van der Waals surface area contributed by atoms with Crippen LogP contribution in [0.15, 0.2) is 30.3 Å². The van der Waals surface area contributed by atoms with Gasteiger partial charge in [-0.1, -0.05) is 30.3 Å². The van der Waals surface area contributed by atoms with E-state index in [-0.39, 0.29) is 6.10 Å². The van der Waals surface area contributed by atoms with E-state index in [1.165, 1.54) is 5.56 Å². The molecule has 2 rings (SSSR count). The van der Waals surface area contributed by atoms with Gasteiger partial charge in [0.15, 0.2) is 0 Å². The Bertz CT molecular complexity index is 523. The Morgan fingerprint density at radius 3 is 2.83 bits per heavy atom. The molecule has 0 spiro atoms. The average Bonchev–Trinajstić information content (AvgIpc) is 2.54. The molecule has 2 atom stereocenters. The normalized spacial score (nSPS) is 19.8. The van der Waals surface area contributed by atoms with Gasteiger partial charge < -0.3 is 21.1 Å². The first-order chi connectivity index (χ1) is 11.0. The van der Waals surface area contributed by atoms with E-state index in [1.54, 1.807) is 6.92 Å². The summed E-state index contributed by atoms with van der Waals surface area (Å²) >= 11 is 0. The number of hydrogen-bond acceptors (Lipinski definition) is 4. The summed E-state index contributed by atoms with van der Waals surface area (Å²) in [5, 5.41) is 5.19. The minimum Gasteiger partial charge on any atom is -0.374 e. The summed E-state index contributed by atoms with van der Waals surface area (Å²) in [5.41, 5.74) is 6.36. The quantitative estimate of drug-likeness (QED) is 0.690. The fraction of sp³-hybridized carbons (Fsp3) is 0.500. The zero-order valence-electron chi connectivity index (χ0n) is 13.3. The van der Waals surface area contributed by atoms with E-state index in [0.717, 1.165) is 19.6 Å². The number of ether oxygens (including phenoxy) is 1. The zero-order valence-corrected chi connectivity index (χ0v) is 13.3. The molecule has 1 aliphatic rings. The lowest BCUT2D eigenvalue weighted by Crippen LogP contribution is -2.51. The average molecular weight is 320 g/mol. The van der Waals surface area contributed by atoms with Crippen LogP contribution in [0.5, 0.6) is 0 Å². The number of urea groups is 1. The Kier molecular flexibility index (Phi) is 6.37. The summed E-state index contributed by atoms with van der Waals surface area (Å²) < 4.78 is 5.67. The zero-order chi connectivity index (χ0) is 16.7. The molecule has 0 bridgehead atoms. The Balaban J connectivity index is 1.73. The van der Waals surface area contributed by atoms with Crippen LogP contribution >= 0.6 is 0 Å². The number of nitrogens with one attached hydrogen (secondary N) is 2. The van der Waals surface area contributed by atoms with Crippen molar-refractivity contribution < 1.29 is 14.3 Å². The number of carbonyl (C=O) groups excluding carboxylic acids is 2. The number of primary amides is 1. The van der Waals surface area contributed by atoms with Gasteiger partial charge in [-0.3, -0.25) is 9.69 Å². The standard InChI is InChI=1S/C16H24N4O3/c1-12(15(17)21)19-16(22)18-9-14-11-20(7-8-23-14)10-13-5-3-2-4-6-13/h2-6,12,14H,7-11H2,1H3,(H2,17,21)(H2,18,19,22)/t12-,14-/m0/s1. The molecule has 1 heterocycles. The van der Waals surface area contributed by atoms with Gasteiger partial charge >= 0.3 is 6.03 Å². The molecule has 1 fully saturated rings. The number of nitrogens with two attached hydrogens (primary N) is 1. The molecule has 0 aromatic heterocycles. The second-order valence-electron chi connectivity index (χ2n) is 5.69. The summed E-state index contributed by atoms with van der Waals surface area (Å²) in [7, 11) is 0. The molecule has 0 saturated carbocycles. The number of nitrogens with zero attached hydrogens (tertiary/aromatic N) is 1. The largest absolute Gasteiger partial charge is 0.374 e. The van der Waals surface area contributed by atoms with E-state index in [4.69, 9.17) is 10.5 Å². The SMILES string of the molecule is C[C@H](NC(=O)NC[C@H]1CN(Cc2ccccc2)CCO1)C(N)=O. The number of hydrogen-bond donors (Lipinski definition) is 3. The molecule has 3 amide bonds. The third-order valence-corrected chi connectivity index (χ3v) is 3.74. The third-order valence-electron chi connectivity index (χ3n) is 3.74. The Morgan fingerprint density at radius 2 is 2.13 bits per heavy atom. The van der Waals surface area contributed by atoms with Crippen LogP contribution in [0, 0.1) is 0 Å². The topological polar surface area (TPSA) is 96.7 Å². The van der Waals surface area contributed by atoms with E-state index in [2.05, 4.69) is 27.7 Å². The molecule has 7 heteroatoms. The lowest BCUT2D eigenvalue weighted by Gasteiger charge is -2.33. The molecule has 1 aromatic carbocycles. The van der Waals surface area contributed by atoms with Crippen molar-refractivity contribution in [3.63, 3.8) is 0 Å². The smallest absolute Gasteiger partial charge is 0.315 e. The van der Waals surface area contributed by atoms with Gasteiger partial charge in [0.05, 0.1) is 12.7 Å². The summed E-state index contributed by atoms with van der Waals surface area (Å²) in [6.45, 7) is 5.06. The lowest BCUT2D eigenvalue weighted by atomic mass is 10.2. The maximum atomic E-state index is 11.7. The van der Waals surface area contributed by atoms with Gasteiger partial charge in [0.25, 0.3) is 0 Å². The van der Waals surface area contributed by atoms with Crippen molar-refractivity contribution in [2.24, 2.45) is 5.73 Å². The fourth-order valence-electron chi connectivity index (χ4n) is 2.41. The number of rotatable bonds is 6. The van der Waals surface area contributed by atoms with E-state index in [0.29, 0.717) is 13.2 Å². The maximum Gasteiger partial charge on any atom is 0.315 e. The van der Waals surface area contributed by atoms with Crippen molar-refractivity contribution in [1.29, 1.82) is 0 Å². The highest BCUT2D eigenvalue weighted by Gasteiger charge is 2.21. The number of benzene rings is 1. The van der Waals surface area contributed by atoms with E-state index >= 15 is 0 Å².